The first-order chi connectivity index (χ1) is 13.5. The van der Waals surface area contributed by atoms with Crippen molar-refractivity contribution >= 4 is 6.03 Å². The maximum Gasteiger partial charge on any atom is 0.416 e. The predicted octanol–water partition coefficient (Wildman–Crippen LogP) is 5.80. The maximum absolute atomic E-state index is 13.1. The van der Waals surface area contributed by atoms with Crippen molar-refractivity contribution in [1.29, 1.82) is 0 Å². The smallest absolute Gasteiger partial charge is 0.335 e. The fourth-order valence-electron chi connectivity index (χ4n) is 3.48. The van der Waals surface area contributed by atoms with Gasteiger partial charge in [-0.05, 0) is 47.6 Å². The number of alkyl halides is 3. The van der Waals surface area contributed by atoms with E-state index < -0.39 is 17.8 Å². The topological polar surface area (TPSA) is 32.3 Å². The minimum atomic E-state index is -4.39. The molecule has 156 valence electrons. The van der Waals surface area contributed by atoms with Gasteiger partial charge in [0.1, 0.15) is 0 Å². The first-order valence-corrected chi connectivity index (χ1v) is 9.80. The largest absolute Gasteiger partial charge is 0.416 e. The van der Waals surface area contributed by atoms with Crippen molar-refractivity contribution < 1.29 is 18.0 Å². The SMILES string of the molecule is C[C@@H](NC(=O)N1CCc2ccccc2[C@H]1c1ccc(C(F)(F)F)cc1)C(C)(C)C. The summed E-state index contributed by atoms with van der Waals surface area (Å²) in [6, 6.07) is 12.2. The second-order valence-electron chi connectivity index (χ2n) is 8.70. The minimum Gasteiger partial charge on any atom is -0.335 e. The van der Waals surface area contributed by atoms with Crippen LogP contribution in [0.2, 0.25) is 0 Å². The zero-order valence-corrected chi connectivity index (χ0v) is 17.2. The number of carbonyl (C=O) groups excluding carboxylic acids is 1. The van der Waals surface area contributed by atoms with E-state index in [9.17, 15) is 18.0 Å². The molecule has 1 aliphatic heterocycles. The molecule has 0 aromatic heterocycles. The molecular weight excluding hydrogens is 377 g/mol. The Kier molecular flexibility index (Phi) is 5.65. The number of hydrogen-bond acceptors (Lipinski definition) is 1. The van der Waals surface area contributed by atoms with Crippen LogP contribution in [0.1, 0.15) is 56.0 Å². The Labute approximate surface area is 169 Å². The third-order valence-corrected chi connectivity index (χ3v) is 5.74. The van der Waals surface area contributed by atoms with Gasteiger partial charge in [0.05, 0.1) is 11.6 Å². The van der Waals surface area contributed by atoms with E-state index in [2.05, 4.69) is 26.1 Å². The van der Waals surface area contributed by atoms with Crippen molar-refractivity contribution in [3.63, 3.8) is 0 Å². The number of nitrogens with zero attached hydrogens (tertiary/aromatic N) is 1. The summed E-state index contributed by atoms with van der Waals surface area (Å²) in [6.07, 6.45) is -3.67. The fourth-order valence-corrected chi connectivity index (χ4v) is 3.48. The molecule has 0 saturated heterocycles. The second-order valence-corrected chi connectivity index (χ2v) is 8.70. The summed E-state index contributed by atoms with van der Waals surface area (Å²) in [5.41, 5.74) is 1.95. The van der Waals surface area contributed by atoms with Crippen molar-refractivity contribution in [3.05, 3.63) is 70.8 Å². The van der Waals surface area contributed by atoms with E-state index in [1.807, 2.05) is 31.2 Å². The van der Waals surface area contributed by atoms with Crippen LogP contribution in [0.4, 0.5) is 18.0 Å². The molecule has 3 rings (SSSR count). The lowest BCUT2D eigenvalue weighted by molar-refractivity contribution is -0.137. The van der Waals surface area contributed by atoms with Crippen LogP contribution in [0.25, 0.3) is 0 Å². The lowest BCUT2D eigenvalue weighted by atomic mass is 9.87. The lowest BCUT2D eigenvalue weighted by Crippen LogP contribution is -2.51. The molecule has 0 saturated carbocycles. The van der Waals surface area contributed by atoms with Gasteiger partial charge in [0.15, 0.2) is 0 Å². The fraction of sp³-hybridized carbons (Fsp3) is 0.435. The summed E-state index contributed by atoms with van der Waals surface area (Å²) in [7, 11) is 0. The Morgan fingerprint density at radius 1 is 1.07 bits per heavy atom. The molecule has 0 spiro atoms. The Morgan fingerprint density at radius 2 is 1.69 bits per heavy atom. The molecule has 2 aromatic carbocycles. The Morgan fingerprint density at radius 3 is 2.28 bits per heavy atom. The molecule has 1 N–H and O–H groups in total. The van der Waals surface area contributed by atoms with Crippen LogP contribution in [0.15, 0.2) is 48.5 Å². The molecular formula is C23H27F3N2O. The maximum atomic E-state index is 13.1. The number of benzene rings is 2. The molecule has 0 fully saturated rings. The van der Waals surface area contributed by atoms with Crippen LogP contribution < -0.4 is 5.32 Å². The van der Waals surface area contributed by atoms with Crippen molar-refractivity contribution in [2.45, 2.75) is 52.4 Å². The monoisotopic (exact) mass is 404 g/mol. The third-order valence-electron chi connectivity index (χ3n) is 5.74. The molecule has 0 bridgehead atoms. The van der Waals surface area contributed by atoms with Gasteiger partial charge < -0.3 is 10.2 Å². The number of amides is 2. The molecule has 1 aliphatic rings. The highest BCUT2D eigenvalue weighted by atomic mass is 19.4. The van der Waals surface area contributed by atoms with Crippen LogP contribution in [-0.4, -0.2) is 23.5 Å². The zero-order valence-electron chi connectivity index (χ0n) is 17.2. The van der Waals surface area contributed by atoms with E-state index >= 15 is 0 Å². The van der Waals surface area contributed by atoms with Crippen LogP contribution >= 0.6 is 0 Å². The number of nitrogens with one attached hydrogen (secondary N) is 1. The number of carbonyl (C=O) groups is 1. The molecule has 1 heterocycles. The molecule has 3 nitrogen and oxygen atoms in total. The van der Waals surface area contributed by atoms with Crippen molar-refractivity contribution in [2.24, 2.45) is 5.41 Å². The van der Waals surface area contributed by atoms with Crippen LogP contribution in [0.3, 0.4) is 0 Å². The Hall–Kier alpha value is -2.50. The van der Waals surface area contributed by atoms with Crippen molar-refractivity contribution in [1.82, 2.24) is 10.2 Å². The third kappa shape index (κ3) is 4.57. The van der Waals surface area contributed by atoms with Gasteiger partial charge in [0.25, 0.3) is 0 Å². The van der Waals surface area contributed by atoms with E-state index in [1.54, 1.807) is 4.90 Å². The lowest BCUT2D eigenvalue weighted by Gasteiger charge is -2.39. The molecule has 2 atom stereocenters. The van der Waals surface area contributed by atoms with Gasteiger partial charge in [0, 0.05) is 12.6 Å². The summed E-state index contributed by atoms with van der Waals surface area (Å²) >= 11 is 0. The van der Waals surface area contributed by atoms with E-state index in [1.165, 1.54) is 12.1 Å². The molecule has 2 aromatic rings. The average Bonchev–Trinajstić information content (AvgIpc) is 2.65. The molecule has 0 aliphatic carbocycles. The summed E-state index contributed by atoms with van der Waals surface area (Å²) in [5.74, 6) is 0. The summed E-state index contributed by atoms with van der Waals surface area (Å²) in [4.78, 5) is 14.8. The quantitative estimate of drug-likeness (QED) is 0.674. The van der Waals surface area contributed by atoms with Crippen LogP contribution in [-0.2, 0) is 12.6 Å². The molecule has 0 radical (unpaired) electrons. The summed E-state index contributed by atoms with van der Waals surface area (Å²) in [5, 5.41) is 3.06. The number of hydrogen-bond donors (Lipinski definition) is 1. The first kappa shape index (κ1) is 21.2. The average molecular weight is 404 g/mol. The highest BCUT2D eigenvalue weighted by molar-refractivity contribution is 5.76. The Bertz CT molecular complexity index is 869. The highest BCUT2D eigenvalue weighted by Gasteiger charge is 2.35. The van der Waals surface area contributed by atoms with Crippen LogP contribution in [0, 0.1) is 5.41 Å². The predicted molar refractivity (Wildman–Crippen MR) is 108 cm³/mol. The van der Waals surface area contributed by atoms with Gasteiger partial charge in [-0.3, -0.25) is 0 Å². The first-order valence-electron chi connectivity index (χ1n) is 9.80. The molecule has 0 unspecified atom stereocenters. The summed E-state index contributed by atoms with van der Waals surface area (Å²) in [6.45, 7) is 8.62. The number of urea groups is 1. The molecule has 29 heavy (non-hydrogen) atoms. The van der Waals surface area contributed by atoms with Gasteiger partial charge in [-0.25, -0.2) is 4.79 Å². The molecule has 2 amide bonds. The minimum absolute atomic E-state index is 0.0552. The van der Waals surface area contributed by atoms with Gasteiger partial charge in [-0.2, -0.15) is 13.2 Å². The van der Waals surface area contributed by atoms with Gasteiger partial charge >= 0.3 is 12.2 Å². The number of halogens is 3. The summed E-state index contributed by atoms with van der Waals surface area (Å²) < 4.78 is 39.0. The Balaban J connectivity index is 1.97. The second kappa shape index (κ2) is 7.73. The normalized spacial score (nSPS) is 18.2. The van der Waals surface area contributed by atoms with Crippen molar-refractivity contribution in [2.75, 3.05) is 6.54 Å². The van der Waals surface area contributed by atoms with E-state index in [4.69, 9.17) is 0 Å². The standard InChI is InChI=1S/C23H27F3N2O/c1-15(22(2,3)4)27-21(29)28-14-13-16-7-5-6-8-19(16)20(28)17-9-11-18(12-10-17)23(24,25)26/h5-12,15,20H,13-14H2,1-4H3,(H,27,29)/t15-,20-/m1/s1. The number of fused-ring (bicyclic) bond motifs is 1. The number of rotatable bonds is 2. The van der Waals surface area contributed by atoms with Crippen molar-refractivity contribution in [3.8, 4) is 0 Å². The van der Waals surface area contributed by atoms with E-state index in [-0.39, 0.29) is 17.5 Å². The van der Waals surface area contributed by atoms with Crippen LogP contribution in [0.5, 0.6) is 0 Å². The van der Waals surface area contributed by atoms with E-state index in [0.717, 1.165) is 23.3 Å². The zero-order chi connectivity index (χ0) is 21.4. The van der Waals surface area contributed by atoms with Gasteiger partial charge in [0.2, 0.25) is 0 Å². The highest BCUT2D eigenvalue weighted by Crippen LogP contribution is 2.37. The van der Waals surface area contributed by atoms with Gasteiger partial charge in [-0.15, -0.1) is 0 Å². The van der Waals surface area contributed by atoms with Gasteiger partial charge in [-0.1, -0.05) is 57.2 Å². The molecule has 6 heteroatoms. The van der Waals surface area contributed by atoms with E-state index in [0.29, 0.717) is 18.5 Å².